The molecule has 1 rings (SSSR count). The van der Waals surface area contributed by atoms with Gasteiger partial charge < -0.3 is 10.6 Å². The Morgan fingerprint density at radius 2 is 2.14 bits per heavy atom. The number of rotatable bonds is 4. The van der Waals surface area contributed by atoms with Gasteiger partial charge in [0.05, 0.1) is 0 Å². The molecule has 0 aromatic carbocycles. The number of hydrogen-bond acceptors (Lipinski definition) is 3. The molecule has 3 nitrogen and oxygen atoms in total. The first kappa shape index (κ1) is 12.0. The summed E-state index contributed by atoms with van der Waals surface area (Å²) in [5, 5.41) is 0. The fourth-order valence-electron chi connectivity index (χ4n) is 1.93. The molecule has 3 heteroatoms. The predicted octanol–water partition coefficient (Wildman–Crippen LogP) is 0.750. The molecule has 0 saturated carbocycles. The van der Waals surface area contributed by atoms with E-state index in [1.54, 1.807) is 0 Å². The van der Waals surface area contributed by atoms with Crippen molar-refractivity contribution in [2.75, 3.05) is 33.7 Å². The molecule has 1 aliphatic heterocycles. The third kappa shape index (κ3) is 2.69. The Morgan fingerprint density at radius 3 is 2.57 bits per heavy atom. The van der Waals surface area contributed by atoms with Crippen molar-refractivity contribution in [2.45, 2.75) is 38.3 Å². The van der Waals surface area contributed by atoms with Gasteiger partial charge >= 0.3 is 0 Å². The smallest absolute Gasteiger partial charge is 0.0273 e. The van der Waals surface area contributed by atoms with Crippen molar-refractivity contribution in [1.29, 1.82) is 0 Å². The zero-order chi connectivity index (χ0) is 10.8. The molecule has 0 aromatic rings. The lowest BCUT2D eigenvalue weighted by atomic mass is 10.0. The van der Waals surface area contributed by atoms with Gasteiger partial charge in [-0.3, -0.25) is 4.90 Å². The van der Waals surface area contributed by atoms with E-state index in [1.807, 2.05) is 0 Å². The highest BCUT2D eigenvalue weighted by atomic mass is 15.2. The van der Waals surface area contributed by atoms with Crippen LogP contribution in [0.2, 0.25) is 0 Å². The average Bonchev–Trinajstić information content (AvgIpc) is 2.52. The summed E-state index contributed by atoms with van der Waals surface area (Å²) in [5.41, 5.74) is 5.89. The third-order valence-corrected chi connectivity index (χ3v) is 3.69. The number of likely N-dealkylation sites (tertiary alicyclic amines) is 1. The number of hydrogen-bond donors (Lipinski definition) is 1. The lowest BCUT2D eigenvalue weighted by molar-refractivity contribution is 0.124. The summed E-state index contributed by atoms with van der Waals surface area (Å²) < 4.78 is 0. The topological polar surface area (TPSA) is 32.5 Å². The Morgan fingerprint density at radius 1 is 1.50 bits per heavy atom. The highest BCUT2D eigenvalue weighted by Crippen LogP contribution is 2.18. The van der Waals surface area contributed by atoms with Crippen LogP contribution in [0.4, 0.5) is 0 Å². The minimum absolute atomic E-state index is 0.128. The van der Waals surface area contributed by atoms with Crippen LogP contribution in [-0.4, -0.2) is 55.1 Å². The molecule has 0 aliphatic carbocycles. The molecule has 2 N–H and O–H groups in total. The molecule has 0 amide bonds. The summed E-state index contributed by atoms with van der Waals surface area (Å²) in [4.78, 5) is 4.85. The van der Waals surface area contributed by atoms with E-state index in [0.717, 1.165) is 19.1 Å². The molecule has 0 radical (unpaired) electrons. The molecule has 14 heavy (non-hydrogen) atoms. The summed E-state index contributed by atoms with van der Waals surface area (Å²) in [6, 6.07) is 0.728. The second-order valence-corrected chi connectivity index (χ2v) is 5.17. The van der Waals surface area contributed by atoms with Gasteiger partial charge in [-0.1, -0.05) is 0 Å². The molecule has 0 aromatic heterocycles. The minimum atomic E-state index is 0.128. The van der Waals surface area contributed by atoms with Gasteiger partial charge in [-0.05, 0) is 47.3 Å². The van der Waals surface area contributed by atoms with Gasteiger partial charge in [0.1, 0.15) is 0 Å². The Hall–Kier alpha value is -0.120. The summed E-state index contributed by atoms with van der Waals surface area (Å²) in [6.07, 6.45) is 2.68. The maximum absolute atomic E-state index is 5.76. The number of nitrogens with two attached hydrogens (primary N) is 1. The zero-order valence-corrected chi connectivity index (χ0v) is 10.1. The quantitative estimate of drug-likeness (QED) is 0.725. The van der Waals surface area contributed by atoms with E-state index < -0.39 is 0 Å². The predicted molar refractivity (Wildman–Crippen MR) is 61.4 cm³/mol. The zero-order valence-electron chi connectivity index (χ0n) is 10.1. The van der Waals surface area contributed by atoms with E-state index in [9.17, 15) is 0 Å². The van der Waals surface area contributed by atoms with Crippen LogP contribution in [0.5, 0.6) is 0 Å². The number of nitrogens with zero attached hydrogens (tertiary/aromatic N) is 2. The average molecular weight is 199 g/mol. The molecule has 1 aliphatic rings. The molecule has 1 unspecified atom stereocenters. The maximum Gasteiger partial charge on any atom is 0.0273 e. The Bertz CT molecular complexity index is 179. The first-order valence-electron chi connectivity index (χ1n) is 5.59. The van der Waals surface area contributed by atoms with Crippen LogP contribution in [0.25, 0.3) is 0 Å². The minimum Gasteiger partial charge on any atom is -0.329 e. The molecule has 1 atom stereocenters. The molecule has 1 heterocycles. The van der Waals surface area contributed by atoms with Crippen LogP contribution in [0.3, 0.4) is 0 Å². The van der Waals surface area contributed by atoms with Crippen molar-refractivity contribution in [3.63, 3.8) is 0 Å². The summed E-state index contributed by atoms with van der Waals surface area (Å²) in [6.45, 7) is 7.53. The monoisotopic (exact) mass is 199 g/mol. The Balaban J connectivity index is 2.43. The van der Waals surface area contributed by atoms with Gasteiger partial charge in [-0.2, -0.15) is 0 Å². The van der Waals surface area contributed by atoms with Crippen molar-refractivity contribution in [3.8, 4) is 0 Å². The Kier molecular flexibility index (Phi) is 3.93. The van der Waals surface area contributed by atoms with Crippen LogP contribution < -0.4 is 5.73 Å². The SMILES string of the molecule is CN1CCCC1CN(C)C(C)(C)CN. The standard InChI is InChI=1S/C11H25N3/c1-11(2,9-12)14(4)8-10-6-5-7-13(10)3/h10H,5-9,12H2,1-4H3. The van der Waals surface area contributed by atoms with Crippen LogP contribution >= 0.6 is 0 Å². The molecule has 84 valence electrons. The van der Waals surface area contributed by atoms with E-state index in [-0.39, 0.29) is 5.54 Å². The molecule has 0 spiro atoms. The first-order chi connectivity index (χ1) is 6.47. The fourth-order valence-corrected chi connectivity index (χ4v) is 1.93. The van der Waals surface area contributed by atoms with Gasteiger partial charge in [-0.25, -0.2) is 0 Å². The summed E-state index contributed by atoms with van der Waals surface area (Å²) in [5.74, 6) is 0. The van der Waals surface area contributed by atoms with Crippen LogP contribution in [0, 0.1) is 0 Å². The fraction of sp³-hybridized carbons (Fsp3) is 1.00. The molecule has 0 bridgehead atoms. The lowest BCUT2D eigenvalue weighted by Crippen LogP contribution is -2.51. The normalized spacial score (nSPS) is 24.9. The maximum atomic E-state index is 5.76. The van der Waals surface area contributed by atoms with E-state index in [4.69, 9.17) is 5.73 Å². The van der Waals surface area contributed by atoms with Crippen molar-refractivity contribution in [2.24, 2.45) is 5.73 Å². The van der Waals surface area contributed by atoms with Crippen LogP contribution in [0.15, 0.2) is 0 Å². The lowest BCUT2D eigenvalue weighted by Gasteiger charge is -2.37. The van der Waals surface area contributed by atoms with Crippen molar-refractivity contribution in [1.82, 2.24) is 9.80 Å². The summed E-state index contributed by atoms with van der Waals surface area (Å²) in [7, 11) is 4.40. The molecular formula is C11H25N3. The second kappa shape index (κ2) is 4.60. The van der Waals surface area contributed by atoms with Gasteiger partial charge in [0.25, 0.3) is 0 Å². The van der Waals surface area contributed by atoms with Gasteiger partial charge in [0, 0.05) is 24.7 Å². The molecular weight excluding hydrogens is 174 g/mol. The summed E-state index contributed by atoms with van der Waals surface area (Å²) >= 11 is 0. The Labute approximate surface area is 88.2 Å². The molecule has 1 fully saturated rings. The van der Waals surface area contributed by atoms with E-state index in [0.29, 0.717) is 0 Å². The highest BCUT2D eigenvalue weighted by molar-refractivity contribution is 4.86. The van der Waals surface area contributed by atoms with E-state index >= 15 is 0 Å². The van der Waals surface area contributed by atoms with Gasteiger partial charge in [-0.15, -0.1) is 0 Å². The molecule has 1 saturated heterocycles. The second-order valence-electron chi connectivity index (χ2n) is 5.17. The first-order valence-corrected chi connectivity index (χ1v) is 5.59. The van der Waals surface area contributed by atoms with Crippen molar-refractivity contribution in [3.05, 3.63) is 0 Å². The van der Waals surface area contributed by atoms with Crippen molar-refractivity contribution < 1.29 is 0 Å². The van der Waals surface area contributed by atoms with Crippen molar-refractivity contribution >= 4 is 0 Å². The van der Waals surface area contributed by atoms with Crippen LogP contribution in [0.1, 0.15) is 26.7 Å². The van der Waals surface area contributed by atoms with Crippen LogP contribution in [-0.2, 0) is 0 Å². The largest absolute Gasteiger partial charge is 0.329 e. The van der Waals surface area contributed by atoms with Gasteiger partial charge in [0.2, 0.25) is 0 Å². The number of likely N-dealkylation sites (N-methyl/N-ethyl adjacent to an activating group) is 2. The van der Waals surface area contributed by atoms with E-state index in [1.165, 1.54) is 19.4 Å². The highest BCUT2D eigenvalue weighted by Gasteiger charge is 2.27. The van der Waals surface area contributed by atoms with Gasteiger partial charge in [0.15, 0.2) is 0 Å². The van der Waals surface area contributed by atoms with E-state index in [2.05, 4.69) is 37.7 Å². The third-order valence-electron chi connectivity index (χ3n) is 3.69.